The molecule has 0 aliphatic carbocycles. The number of hydrogen-bond acceptors (Lipinski definition) is 3. The van der Waals surface area contributed by atoms with Gasteiger partial charge in [0.1, 0.15) is 0 Å². The van der Waals surface area contributed by atoms with Crippen LogP contribution in [0.15, 0.2) is 12.7 Å². The molecule has 0 aromatic rings. The summed E-state index contributed by atoms with van der Waals surface area (Å²) in [6.07, 6.45) is 3.86. The monoisotopic (exact) mass is 204 g/mol. The van der Waals surface area contributed by atoms with Gasteiger partial charge in [0.25, 0.3) is 0 Å². The van der Waals surface area contributed by atoms with Gasteiger partial charge in [-0.15, -0.1) is 6.58 Å². The third-order valence-corrected chi connectivity index (χ3v) is 5.46. The van der Waals surface area contributed by atoms with Crippen LogP contribution in [-0.2, 0) is 13.3 Å². The summed E-state index contributed by atoms with van der Waals surface area (Å²) < 4.78 is 16.1. The van der Waals surface area contributed by atoms with Gasteiger partial charge in [-0.1, -0.05) is 13.0 Å². The van der Waals surface area contributed by atoms with Crippen LogP contribution in [0.4, 0.5) is 0 Å². The Morgan fingerprint density at radius 3 is 2.00 bits per heavy atom. The number of allylic oxidation sites excluding steroid dienone is 1. The summed E-state index contributed by atoms with van der Waals surface area (Å²) in [5.74, 6) is 0. The van der Waals surface area contributed by atoms with Crippen LogP contribution in [0.3, 0.4) is 0 Å². The van der Waals surface area contributed by atoms with Crippen molar-refractivity contribution in [1.82, 2.24) is 0 Å². The van der Waals surface area contributed by atoms with Crippen molar-refractivity contribution in [2.75, 3.05) is 21.3 Å². The fourth-order valence-corrected chi connectivity index (χ4v) is 3.63. The topological polar surface area (TPSA) is 27.7 Å². The summed E-state index contributed by atoms with van der Waals surface area (Å²) in [6, 6.07) is 0. The molecule has 0 amide bonds. The Hall–Kier alpha value is -0.163. The first-order chi connectivity index (χ1) is 6.16. The lowest BCUT2D eigenvalue weighted by Gasteiger charge is -2.29. The zero-order valence-electron chi connectivity index (χ0n) is 9.00. The number of hydrogen-bond donors (Lipinski definition) is 0. The third-order valence-electron chi connectivity index (χ3n) is 2.26. The normalized spacial score (nSPS) is 14.2. The minimum Gasteiger partial charge on any atom is -0.377 e. The lowest BCUT2D eigenvalue weighted by atomic mass is 10.2. The zero-order valence-corrected chi connectivity index (χ0v) is 10.0. The molecule has 0 aromatic carbocycles. The van der Waals surface area contributed by atoms with Crippen LogP contribution < -0.4 is 0 Å². The van der Waals surface area contributed by atoms with Crippen LogP contribution in [-0.4, -0.2) is 30.1 Å². The first-order valence-electron chi connectivity index (χ1n) is 4.43. The van der Waals surface area contributed by atoms with Gasteiger partial charge in [-0.05, 0) is 12.8 Å². The molecular weight excluding hydrogens is 184 g/mol. The second-order valence-corrected chi connectivity index (χ2v) is 6.40. The van der Waals surface area contributed by atoms with Crippen LogP contribution in [0, 0.1) is 0 Å². The standard InChI is InChI=1S/C9H20O3Si/c1-6-7-8-9(2)13(10-3,11-4)12-5/h6,9H,1,7-8H2,2-5H3. The van der Waals surface area contributed by atoms with E-state index in [-0.39, 0.29) is 0 Å². The quantitative estimate of drug-likeness (QED) is 0.470. The minimum absolute atomic E-state index is 0.311. The Labute approximate surface area is 82.1 Å². The second-order valence-electron chi connectivity index (χ2n) is 2.98. The first-order valence-corrected chi connectivity index (χ1v) is 6.23. The summed E-state index contributed by atoms with van der Waals surface area (Å²) in [6.45, 7) is 5.77. The van der Waals surface area contributed by atoms with Crippen molar-refractivity contribution in [1.29, 1.82) is 0 Å². The van der Waals surface area contributed by atoms with Crippen LogP contribution in [0.2, 0.25) is 5.54 Å². The lowest BCUT2D eigenvalue weighted by Crippen LogP contribution is -2.46. The van der Waals surface area contributed by atoms with E-state index in [0.29, 0.717) is 5.54 Å². The van der Waals surface area contributed by atoms with E-state index in [1.807, 2.05) is 6.08 Å². The van der Waals surface area contributed by atoms with E-state index in [4.69, 9.17) is 13.3 Å². The maximum Gasteiger partial charge on any atom is 0.503 e. The van der Waals surface area contributed by atoms with Gasteiger partial charge in [0.05, 0.1) is 0 Å². The molecule has 3 nitrogen and oxygen atoms in total. The predicted molar refractivity (Wildman–Crippen MR) is 55.6 cm³/mol. The van der Waals surface area contributed by atoms with Crippen molar-refractivity contribution in [2.24, 2.45) is 0 Å². The first kappa shape index (κ1) is 12.8. The van der Waals surface area contributed by atoms with Crippen molar-refractivity contribution in [2.45, 2.75) is 25.3 Å². The molecule has 0 fully saturated rings. The molecule has 0 radical (unpaired) electrons. The summed E-state index contributed by atoms with van der Waals surface area (Å²) in [7, 11) is 2.52. The van der Waals surface area contributed by atoms with Gasteiger partial charge < -0.3 is 13.3 Å². The van der Waals surface area contributed by atoms with Crippen molar-refractivity contribution in [3.05, 3.63) is 12.7 Å². The molecule has 0 N–H and O–H groups in total. The fraction of sp³-hybridized carbons (Fsp3) is 0.778. The maximum atomic E-state index is 5.36. The van der Waals surface area contributed by atoms with Crippen LogP contribution in [0.25, 0.3) is 0 Å². The Morgan fingerprint density at radius 1 is 1.23 bits per heavy atom. The van der Waals surface area contributed by atoms with Crippen molar-refractivity contribution in [3.8, 4) is 0 Å². The fourth-order valence-electron chi connectivity index (χ4n) is 1.40. The molecule has 0 aliphatic heterocycles. The molecule has 0 bridgehead atoms. The van der Waals surface area contributed by atoms with Crippen LogP contribution >= 0.6 is 0 Å². The van der Waals surface area contributed by atoms with Crippen LogP contribution in [0.1, 0.15) is 19.8 Å². The summed E-state index contributed by atoms with van der Waals surface area (Å²) in [5, 5.41) is 0. The highest BCUT2D eigenvalue weighted by Gasteiger charge is 2.43. The van der Waals surface area contributed by atoms with Gasteiger partial charge in [0.15, 0.2) is 0 Å². The Kier molecular flexibility index (Phi) is 6.24. The van der Waals surface area contributed by atoms with Gasteiger partial charge in [0, 0.05) is 26.9 Å². The largest absolute Gasteiger partial charge is 0.503 e. The average molecular weight is 204 g/mol. The summed E-state index contributed by atoms with van der Waals surface area (Å²) >= 11 is 0. The lowest BCUT2D eigenvalue weighted by molar-refractivity contribution is 0.112. The van der Waals surface area contributed by atoms with Gasteiger partial charge in [0.2, 0.25) is 0 Å². The molecule has 13 heavy (non-hydrogen) atoms. The molecule has 0 saturated carbocycles. The van der Waals surface area contributed by atoms with E-state index in [9.17, 15) is 0 Å². The highest BCUT2D eigenvalue weighted by molar-refractivity contribution is 6.62. The van der Waals surface area contributed by atoms with E-state index in [2.05, 4.69) is 13.5 Å². The van der Waals surface area contributed by atoms with Crippen molar-refractivity contribution >= 4 is 8.80 Å². The highest BCUT2D eigenvalue weighted by Crippen LogP contribution is 2.27. The van der Waals surface area contributed by atoms with E-state index in [0.717, 1.165) is 12.8 Å². The van der Waals surface area contributed by atoms with E-state index in [1.165, 1.54) is 0 Å². The van der Waals surface area contributed by atoms with Gasteiger partial charge in [-0.25, -0.2) is 0 Å². The van der Waals surface area contributed by atoms with E-state index in [1.54, 1.807) is 21.3 Å². The summed E-state index contributed by atoms with van der Waals surface area (Å²) in [5.41, 5.74) is 0.311. The van der Waals surface area contributed by atoms with Gasteiger partial charge >= 0.3 is 8.80 Å². The molecule has 0 heterocycles. The molecule has 78 valence electrons. The second kappa shape index (κ2) is 6.31. The number of rotatable bonds is 7. The molecule has 0 saturated heterocycles. The molecule has 0 aliphatic rings. The van der Waals surface area contributed by atoms with E-state index < -0.39 is 8.80 Å². The Balaban J connectivity index is 4.24. The molecule has 1 atom stereocenters. The zero-order chi connectivity index (χ0) is 10.3. The Morgan fingerprint density at radius 2 is 1.69 bits per heavy atom. The predicted octanol–water partition coefficient (Wildman–Crippen LogP) is 2.22. The minimum atomic E-state index is -2.41. The van der Waals surface area contributed by atoms with Crippen molar-refractivity contribution < 1.29 is 13.3 Å². The Bertz CT molecular complexity index is 138. The highest BCUT2D eigenvalue weighted by atomic mass is 28.4. The average Bonchev–Trinajstić information content (AvgIpc) is 2.18. The molecule has 0 rings (SSSR count). The van der Waals surface area contributed by atoms with Crippen molar-refractivity contribution in [3.63, 3.8) is 0 Å². The molecule has 4 heteroatoms. The molecular formula is C9H20O3Si. The van der Waals surface area contributed by atoms with Gasteiger partial charge in [-0.2, -0.15) is 0 Å². The summed E-state index contributed by atoms with van der Waals surface area (Å²) in [4.78, 5) is 0. The van der Waals surface area contributed by atoms with E-state index >= 15 is 0 Å². The molecule has 0 spiro atoms. The molecule has 0 aromatic heterocycles. The molecule has 1 unspecified atom stereocenters. The van der Waals surface area contributed by atoms with Gasteiger partial charge in [-0.3, -0.25) is 0 Å². The SMILES string of the molecule is C=CCCC(C)[Si](OC)(OC)OC. The van der Waals surface area contributed by atoms with Crippen LogP contribution in [0.5, 0.6) is 0 Å². The third kappa shape index (κ3) is 3.23. The maximum absolute atomic E-state index is 5.36. The smallest absolute Gasteiger partial charge is 0.377 e.